The van der Waals surface area contributed by atoms with Gasteiger partial charge < -0.3 is 15.8 Å². The Morgan fingerprint density at radius 1 is 0.946 bits per heavy atom. The summed E-state index contributed by atoms with van der Waals surface area (Å²) in [4.78, 5) is 45.1. The van der Waals surface area contributed by atoms with Crippen molar-refractivity contribution in [3.05, 3.63) is 94.7 Å². The molecule has 4 heterocycles. The molecule has 7 rings (SSSR count). The van der Waals surface area contributed by atoms with E-state index in [1.54, 1.807) is 6.07 Å². The maximum Gasteiger partial charge on any atom is 0.250 e. The summed E-state index contributed by atoms with van der Waals surface area (Å²) in [5.41, 5.74) is 0.0480. The van der Waals surface area contributed by atoms with Crippen LogP contribution in [0.25, 0.3) is 0 Å². The molecule has 0 aliphatic carbocycles. The molecule has 186 valence electrons. The van der Waals surface area contributed by atoms with Crippen LogP contribution in [-0.2, 0) is 20.5 Å². The van der Waals surface area contributed by atoms with Crippen molar-refractivity contribution in [1.29, 1.82) is 0 Å². The fourth-order valence-electron chi connectivity index (χ4n) is 7.47. The van der Waals surface area contributed by atoms with Gasteiger partial charge in [0.1, 0.15) is 11.0 Å². The average molecular weight is 497 g/mol. The maximum atomic E-state index is 14.7. The summed E-state index contributed by atoms with van der Waals surface area (Å²) >= 11 is 0. The van der Waals surface area contributed by atoms with Crippen LogP contribution in [0.5, 0.6) is 0 Å². The highest BCUT2D eigenvalue weighted by molar-refractivity contribution is 6.18. The minimum Gasteiger partial charge on any atom is -0.595 e. The first-order valence-electron chi connectivity index (χ1n) is 12.4. The third kappa shape index (κ3) is 2.59. The summed E-state index contributed by atoms with van der Waals surface area (Å²) in [6, 6.07) is 20.2. The second-order valence-electron chi connectivity index (χ2n) is 10.2. The Kier molecular flexibility index (Phi) is 4.56. The number of carbonyl (C=O) groups excluding carboxylic acids is 3. The van der Waals surface area contributed by atoms with Gasteiger partial charge in [-0.1, -0.05) is 48.5 Å². The smallest absolute Gasteiger partial charge is 0.250 e. The largest absolute Gasteiger partial charge is 0.595 e. The van der Waals surface area contributed by atoms with Crippen LogP contribution < -0.4 is 15.9 Å². The Morgan fingerprint density at radius 2 is 1.62 bits per heavy atom. The molecule has 4 N–H and O–H groups in total. The molecule has 9 nitrogen and oxygen atoms in total. The van der Waals surface area contributed by atoms with Crippen LogP contribution >= 0.6 is 0 Å². The van der Waals surface area contributed by atoms with Gasteiger partial charge in [0, 0.05) is 40.7 Å². The average Bonchev–Trinajstić information content (AvgIpc) is 3.62. The molecule has 0 aromatic heterocycles. The lowest BCUT2D eigenvalue weighted by molar-refractivity contribution is -0.991. The first kappa shape index (κ1) is 22.3. The third-order valence-electron chi connectivity index (χ3n) is 8.69. The van der Waals surface area contributed by atoms with Gasteiger partial charge in [-0.05, 0) is 37.1 Å². The SMILES string of the molecule is O=C(c1cccc([NH+]([O-])O)c1)[C@H]1[C@]2(C(=O)Nc3ccccc32)[C@@H]2CCCN2[C@@]12C(=O)Nc1ccccc12. The zero-order chi connectivity index (χ0) is 25.5. The topological polar surface area (TPSA) is 126 Å². The summed E-state index contributed by atoms with van der Waals surface area (Å²) in [6.07, 6.45) is 1.44. The van der Waals surface area contributed by atoms with Crippen molar-refractivity contribution in [3.63, 3.8) is 0 Å². The van der Waals surface area contributed by atoms with Crippen LogP contribution in [0.15, 0.2) is 72.8 Å². The monoisotopic (exact) mass is 496 g/mol. The maximum absolute atomic E-state index is 14.7. The van der Waals surface area contributed by atoms with Crippen molar-refractivity contribution < 1.29 is 24.8 Å². The summed E-state index contributed by atoms with van der Waals surface area (Å²) in [5.74, 6) is -2.16. The Balaban J connectivity index is 1.56. The van der Waals surface area contributed by atoms with Crippen molar-refractivity contribution >= 4 is 34.7 Å². The normalized spacial score (nSPS) is 30.2. The van der Waals surface area contributed by atoms with E-state index in [4.69, 9.17) is 0 Å². The van der Waals surface area contributed by atoms with Crippen molar-refractivity contribution in [2.45, 2.75) is 29.8 Å². The lowest BCUT2D eigenvalue weighted by atomic mass is 9.60. The first-order chi connectivity index (χ1) is 17.9. The molecule has 2 spiro atoms. The van der Waals surface area contributed by atoms with Gasteiger partial charge in [0.05, 0.1) is 5.92 Å². The number of fused-ring (bicyclic) bond motifs is 7. The van der Waals surface area contributed by atoms with Crippen LogP contribution in [0, 0.1) is 11.1 Å². The molecule has 2 fully saturated rings. The Bertz CT molecular complexity index is 1430. The van der Waals surface area contributed by atoms with Crippen LogP contribution in [0.4, 0.5) is 17.1 Å². The number of quaternary nitrogens is 1. The van der Waals surface area contributed by atoms with Gasteiger partial charge in [0.25, 0.3) is 0 Å². The standard InChI is InChI=1S/C28H24N4O5/c33-23(16-7-5-8-17(15-16)32(36)37)24-27(18-9-1-3-11-20(18)29-25(27)34)22-13-6-14-31(22)28(24)19-10-2-4-12-21(19)30-26(28)35/h1-5,7-12,15,22,24,32,36H,6,13-14H2,(H,29,34)(H,30,35)/t22-,24-,27+,28+/m0/s1. The van der Waals surface area contributed by atoms with E-state index in [2.05, 4.69) is 15.5 Å². The highest BCUT2D eigenvalue weighted by atomic mass is 16.8. The van der Waals surface area contributed by atoms with Crippen LogP contribution in [0.3, 0.4) is 0 Å². The van der Waals surface area contributed by atoms with Crippen LogP contribution in [-0.4, -0.2) is 40.3 Å². The lowest BCUT2D eigenvalue weighted by Crippen LogP contribution is -2.99. The molecule has 0 bridgehead atoms. The predicted octanol–water partition coefficient (Wildman–Crippen LogP) is 2.10. The van der Waals surface area contributed by atoms with Gasteiger partial charge >= 0.3 is 0 Å². The summed E-state index contributed by atoms with van der Waals surface area (Å²) < 4.78 is 0. The zero-order valence-corrected chi connectivity index (χ0v) is 19.7. The number of anilines is 2. The second-order valence-corrected chi connectivity index (χ2v) is 10.2. The van der Waals surface area contributed by atoms with Gasteiger partial charge in [-0.2, -0.15) is 5.23 Å². The second kappa shape index (κ2) is 7.56. The van der Waals surface area contributed by atoms with E-state index in [1.807, 2.05) is 48.5 Å². The van der Waals surface area contributed by atoms with Gasteiger partial charge in [0.15, 0.2) is 11.5 Å². The molecule has 5 atom stereocenters. The highest BCUT2D eigenvalue weighted by Crippen LogP contribution is 2.66. The minimum atomic E-state index is -1.41. The fourth-order valence-corrected chi connectivity index (χ4v) is 7.47. The van der Waals surface area contributed by atoms with Crippen molar-refractivity contribution in [3.8, 4) is 0 Å². The van der Waals surface area contributed by atoms with Gasteiger partial charge in [-0.3, -0.25) is 19.3 Å². The quantitative estimate of drug-likeness (QED) is 0.325. The zero-order valence-electron chi connectivity index (χ0n) is 19.7. The number of Topliss-reactive ketones (excluding diaryl/α,β-unsaturated/α-hetero) is 1. The van der Waals surface area contributed by atoms with E-state index in [-0.39, 0.29) is 29.1 Å². The van der Waals surface area contributed by atoms with E-state index in [0.29, 0.717) is 35.5 Å². The molecule has 4 aliphatic rings. The number of hydrogen-bond acceptors (Lipinski definition) is 6. The van der Waals surface area contributed by atoms with Gasteiger partial charge in [0.2, 0.25) is 11.8 Å². The fraction of sp³-hybridized carbons (Fsp3) is 0.250. The molecule has 37 heavy (non-hydrogen) atoms. The molecule has 1 unspecified atom stereocenters. The predicted molar refractivity (Wildman–Crippen MR) is 133 cm³/mol. The number of amides is 2. The van der Waals surface area contributed by atoms with E-state index in [9.17, 15) is 24.8 Å². The van der Waals surface area contributed by atoms with E-state index < -0.39 is 27.9 Å². The van der Waals surface area contributed by atoms with Crippen molar-refractivity contribution in [1.82, 2.24) is 4.90 Å². The molecule has 2 amide bonds. The molecule has 2 saturated heterocycles. The van der Waals surface area contributed by atoms with Crippen LogP contribution in [0.2, 0.25) is 0 Å². The molecule has 0 radical (unpaired) electrons. The highest BCUT2D eigenvalue weighted by Gasteiger charge is 2.78. The molecule has 9 heteroatoms. The molecule has 4 aliphatic heterocycles. The Morgan fingerprint density at radius 3 is 2.38 bits per heavy atom. The minimum absolute atomic E-state index is 0.0278. The molecule has 0 saturated carbocycles. The number of nitrogens with one attached hydrogen (secondary N) is 3. The van der Waals surface area contributed by atoms with E-state index >= 15 is 0 Å². The number of nitrogens with zero attached hydrogens (tertiary/aromatic N) is 1. The summed E-state index contributed by atoms with van der Waals surface area (Å²) in [6.45, 7) is 0.558. The molecular weight excluding hydrogens is 472 g/mol. The Hall–Kier alpha value is -3.89. The van der Waals surface area contributed by atoms with E-state index in [1.165, 1.54) is 18.2 Å². The number of ketones is 1. The molecule has 3 aromatic rings. The number of hydrogen-bond donors (Lipinski definition) is 4. The third-order valence-corrected chi connectivity index (χ3v) is 8.69. The number of para-hydroxylation sites is 2. The van der Waals surface area contributed by atoms with Crippen molar-refractivity contribution in [2.75, 3.05) is 17.2 Å². The Labute approximate surface area is 212 Å². The van der Waals surface area contributed by atoms with E-state index in [0.717, 1.165) is 6.42 Å². The van der Waals surface area contributed by atoms with Crippen LogP contribution in [0.1, 0.15) is 34.3 Å². The number of benzene rings is 3. The molecular formula is C28H24N4O5. The number of rotatable bonds is 3. The number of carbonyl (C=O) groups is 3. The first-order valence-corrected chi connectivity index (χ1v) is 12.4. The summed E-state index contributed by atoms with van der Waals surface area (Å²) in [7, 11) is 0. The van der Waals surface area contributed by atoms with Gasteiger partial charge in [-0.15, -0.1) is 0 Å². The van der Waals surface area contributed by atoms with Crippen molar-refractivity contribution in [2.24, 2.45) is 5.92 Å². The summed E-state index contributed by atoms with van der Waals surface area (Å²) in [5, 5.41) is 26.2. The lowest BCUT2D eigenvalue weighted by Gasteiger charge is -2.38. The van der Waals surface area contributed by atoms with Gasteiger partial charge in [-0.25, -0.2) is 5.21 Å². The molecule has 3 aromatic carbocycles.